The zero-order valence-corrected chi connectivity index (χ0v) is 5.64. The van der Waals surface area contributed by atoms with Crippen LogP contribution >= 0.6 is 21.6 Å². The van der Waals surface area contributed by atoms with E-state index in [1.807, 2.05) is 6.26 Å². The molecular formula is C3H7NOS2. The Morgan fingerprint density at radius 2 is 2.43 bits per heavy atom. The number of primary amides is 1. The Labute approximate surface area is 50.6 Å². The zero-order chi connectivity index (χ0) is 5.70. The Morgan fingerprint density at radius 1 is 1.86 bits per heavy atom. The van der Waals surface area contributed by atoms with Crippen molar-refractivity contribution in [1.29, 1.82) is 0 Å². The number of amides is 1. The van der Waals surface area contributed by atoms with Gasteiger partial charge in [-0.3, -0.25) is 4.79 Å². The zero-order valence-electron chi connectivity index (χ0n) is 4.01. The van der Waals surface area contributed by atoms with Gasteiger partial charge < -0.3 is 5.73 Å². The van der Waals surface area contributed by atoms with Gasteiger partial charge in [0.05, 0.1) is 5.75 Å². The fourth-order valence-corrected chi connectivity index (χ4v) is 1.05. The van der Waals surface area contributed by atoms with Crippen LogP contribution in [0, 0.1) is 0 Å². The van der Waals surface area contributed by atoms with Crippen LogP contribution in [-0.4, -0.2) is 17.9 Å². The maximum Gasteiger partial charge on any atom is 0.228 e. The van der Waals surface area contributed by atoms with E-state index in [0.717, 1.165) is 0 Å². The van der Waals surface area contributed by atoms with Gasteiger partial charge in [-0.05, 0) is 6.26 Å². The lowest BCUT2D eigenvalue weighted by molar-refractivity contribution is -0.115. The van der Waals surface area contributed by atoms with Crippen molar-refractivity contribution < 1.29 is 4.79 Å². The van der Waals surface area contributed by atoms with Gasteiger partial charge in [0.1, 0.15) is 0 Å². The average molecular weight is 137 g/mol. The van der Waals surface area contributed by atoms with E-state index in [0.29, 0.717) is 5.75 Å². The number of carbonyl (C=O) groups excluding carboxylic acids is 1. The van der Waals surface area contributed by atoms with Crippen molar-refractivity contribution in [1.82, 2.24) is 0 Å². The Balaban J connectivity index is 2.82. The molecule has 0 rings (SSSR count). The van der Waals surface area contributed by atoms with Crippen LogP contribution in [0.15, 0.2) is 0 Å². The minimum atomic E-state index is -0.251. The maximum absolute atomic E-state index is 9.95. The summed E-state index contributed by atoms with van der Waals surface area (Å²) in [4.78, 5) is 9.95. The van der Waals surface area contributed by atoms with Crippen molar-refractivity contribution in [2.45, 2.75) is 0 Å². The molecule has 0 aliphatic heterocycles. The number of carbonyl (C=O) groups is 1. The first-order valence-corrected chi connectivity index (χ1v) is 4.44. The van der Waals surface area contributed by atoms with Gasteiger partial charge in [-0.1, -0.05) is 21.6 Å². The second-order valence-electron chi connectivity index (χ2n) is 0.895. The van der Waals surface area contributed by atoms with Crippen LogP contribution in [0.25, 0.3) is 0 Å². The third kappa shape index (κ3) is 6.17. The highest BCUT2D eigenvalue weighted by atomic mass is 33.1. The van der Waals surface area contributed by atoms with Crippen molar-refractivity contribution in [3.05, 3.63) is 0 Å². The number of hydrogen-bond acceptors (Lipinski definition) is 3. The summed E-state index contributed by atoms with van der Waals surface area (Å²) in [7, 11) is 3.00. The fourth-order valence-electron chi connectivity index (χ4n) is 0.117. The van der Waals surface area contributed by atoms with E-state index < -0.39 is 0 Å². The summed E-state index contributed by atoms with van der Waals surface area (Å²) in [6.07, 6.45) is 1.91. The second kappa shape index (κ2) is 4.33. The van der Waals surface area contributed by atoms with E-state index in [9.17, 15) is 4.79 Å². The highest BCUT2D eigenvalue weighted by Crippen LogP contribution is 2.14. The van der Waals surface area contributed by atoms with Gasteiger partial charge in [-0.15, -0.1) is 0 Å². The van der Waals surface area contributed by atoms with Gasteiger partial charge >= 0.3 is 0 Å². The van der Waals surface area contributed by atoms with Crippen molar-refractivity contribution in [2.75, 3.05) is 12.0 Å². The molecule has 0 aromatic rings. The lowest BCUT2D eigenvalue weighted by atomic mass is 10.8. The molecule has 2 nitrogen and oxygen atoms in total. The van der Waals surface area contributed by atoms with E-state index in [-0.39, 0.29) is 5.91 Å². The molecule has 0 radical (unpaired) electrons. The summed E-state index contributed by atoms with van der Waals surface area (Å²) >= 11 is 0. The SMILES string of the molecule is CSSCC(N)=O. The van der Waals surface area contributed by atoms with E-state index in [2.05, 4.69) is 0 Å². The first-order chi connectivity index (χ1) is 3.27. The van der Waals surface area contributed by atoms with Gasteiger partial charge in [-0.2, -0.15) is 0 Å². The van der Waals surface area contributed by atoms with Crippen molar-refractivity contribution in [3.63, 3.8) is 0 Å². The Morgan fingerprint density at radius 3 is 2.57 bits per heavy atom. The van der Waals surface area contributed by atoms with Crippen LogP contribution in [0.5, 0.6) is 0 Å². The van der Waals surface area contributed by atoms with E-state index in [1.165, 1.54) is 10.8 Å². The summed E-state index contributed by atoms with van der Waals surface area (Å²) in [5, 5.41) is 0. The minimum Gasteiger partial charge on any atom is -0.369 e. The molecule has 0 atom stereocenters. The Kier molecular flexibility index (Phi) is 4.44. The smallest absolute Gasteiger partial charge is 0.228 e. The van der Waals surface area contributed by atoms with Crippen molar-refractivity contribution in [3.8, 4) is 0 Å². The van der Waals surface area contributed by atoms with Gasteiger partial charge in [-0.25, -0.2) is 0 Å². The molecule has 0 unspecified atom stereocenters. The van der Waals surface area contributed by atoms with Crippen molar-refractivity contribution in [2.24, 2.45) is 5.73 Å². The molecule has 0 fully saturated rings. The molecule has 1 amide bonds. The summed E-state index contributed by atoms with van der Waals surface area (Å²) in [6, 6.07) is 0. The van der Waals surface area contributed by atoms with Crippen LogP contribution in [0.1, 0.15) is 0 Å². The Hall–Kier alpha value is 0.170. The quantitative estimate of drug-likeness (QED) is 0.575. The maximum atomic E-state index is 9.95. The second-order valence-corrected chi connectivity index (χ2v) is 3.46. The fraction of sp³-hybridized carbons (Fsp3) is 0.667. The molecule has 4 heteroatoms. The molecule has 0 saturated heterocycles. The molecule has 42 valence electrons. The lowest BCUT2D eigenvalue weighted by Crippen LogP contribution is -2.12. The summed E-state index contributed by atoms with van der Waals surface area (Å²) in [6.45, 7) is 0. The number of hydrogen-bond donors (Lipinski definition) is 1. The predicted octanol–water partition coefficient (Wildman–Crippen LogP) is 0.483. The molecule has 0 aromatic carbocycles. The highest BCUT2D eigenvalue weighted by Gasteiger charge is 1.89. The van der Waals surface area contributed by atoms with Crippen LogP contribution in [0.3, 0.4) is 0 Å². The van der Waals surface area contributed by atoms with Gasteiger partial charge in [0.2, 0.25) is 5.91 Å². The normalized spacial score (nSPS) is 8.71. The van der Waals surface area contributed by atoms with Crippen LogP contribution < -0.4 is 5.73 Å². The molecular weight excluding hydrogens is 130 g/mol. The molecule has 0 spiro atoms. The van der Waals surface area contributed by atoms with Crippen LogP contribution in [0.2, 0.25) is 0 Å². The Bertz CT molecular complexity index is 66.0. The summed E-state index contributed by atoms with van der Waals surface area (Å²) < 4.78 is 0. The summed E-state index contributed by atoms with van der Waals surface area (Å²) in [5.41, 5.74) is 4.81. The molecule has 0 bridgehead atoms. The highest BCUT2D eigenvalue weighted by molar-refractivity contribution is 8.76. The molecule has 0 aromatic heterocycles. The molecule has 2 N–H and O–H groups in total. The van der Waals surface area contributed by atoms with E-state index in [1.54, 1.807) is 10.8 Å². The third-order valence-electron chi connectivity index (χ3n) is 0.319. The first-order valence-electron chi connectivity index (χ1n) is 1.71. The van der Waals surface area contributed by atoms with Gasteiger partial charge in [0.15, 0.2) is 0 Å². The molecule has 0 heterocycles. The average Bonchev–Trinajstić information content (AvgIpc) is 1.61. The molecule has 7 heavy (non-hydrogen) atoms. The largest absolute Gasteiger partial charge is 0.369 e. The standard InChI is InChI=1S/C3H7NOS2/c1-6-7-2-3(4)5/h2H2,1H3,(H2,4,5). The van der Waals surface area contributed by atoms with Crippen LogP contribution in [0.4, 0.5) is 0 Å². The van der Waals surface area contributed by atoms with E-state index in [4.69, 9.17) is 5.73 Å². The van der Waals surface area contributed by atoms with Crippen molar-refractivity contribution >= 4 is 27.5 Å². The number of rotatable bonds is 3. The number of nitrogens with two attached hydrogens (primary N) is 1. The van der Waals surface area contributed by atoms with E-state index >= 15 is 0 Å². The predicted molar refractivity (Wildman–Crippen MR) is 35.2 cm³/mol. The van der Waals surface area contributed by atoms with Gasteiger partial charge in [0.25, 0.3) is 0 Å². The molecule has 0 saturated carbocycles. The van der Waals surface area contributed by atoms with Crippen LogP contribution in [-0.2, 0) is 4.79 Å². The molecule has 0 aliphatic carbocycles. The topological polar surface area (TPSA) is 43.1 Å². The summed E-state index contributed by atoms with van der Waals surface area (Å²) in [5.74, 6) is 0.167. The van der Waals surface area contributed by atoms with Gasteiger partial charge in [0, 0.05) is 0 Å². The third-order valence-corrected chi connectivity index (χ3v) is 2.02. The molecule has 0 aliphatic rings. The minimum absolute atomic E-state index is 0.251. The first kappa shape index (κ1) is 7.17. The lowest BCUT2D eigenvalue weighted by Gasteiger charge is -1.86. The monoisotopic (exact) mass is 137 g/mol.